The number of ether oxygens (including phenoxy) is 2. The van der Waals surface area contributed by atoms with Gasteiger partial charge in [0, 0.05) is 46.7 Å². The molecular weight excluding hydrogens is 729 g/mol. The summed E-state index contributed by atoms with van der Waals surface area (Å²) in [5.74, 6) is 1.88. The fourth-order valence-corrected chi connectivity index (χ4v) is 12.0. The molecule has 2 saturated heterocycles. The molecule has 2 aromatic rings. The van der Waals surface area contributed by atoms with Gasteiger partial charge in [-0.25, -0.2) is 9.98 Å². The van der Waals surface area contributed by atoms with Crippen molar-refractivity contribution in [3.05, 3.63) is 0 Å². The van der Waals surface area contributed by atoms with Gasteiger partial charge < -0.3 is 30.7 Å². The van der Waals surface area contributed by atoms with Crippen LogP contribution in [0.15, 0.2) is 9.98 Å². The minimum absolute atomic E-state index is 0.218. The zero-order valence-corrected chi connectivity index (χ0v) is 35.5. The van der Waals surface area contributed by atoms with Crippen molar-refractivity contribution in [2.75, 3.05) is 24.9 Å². The molecule has 0 unspecified atom stereocenters. The van der Waals surface area contributed by atoms with Gasteiger partial charge in [0.2, 0.25) is 11.9 Å². The second-order valence-electron chi connectivity index (χ2n) is 18.9. The van der Waals surface area contributed by atoms with Crippen LogP contribution in [-0.2, 0) is 0 Å². The maximum atomic E-state index is 5.49. The van der Waals surface area contributed by atoms with Crippen LogP contribution in [0, 0.1) is 0 Å². The fourth-order valence-electron chi connectivity index (χ4n) is 12.0. The van der Waals surface area contributed by atoms with Gasteiger partial charge in [-0.1, -0.05) is 77.0 Å². The van der Waals surface area contributed by atoms with Gasteiger partial charge in [-0.05, 0) is 103 Å². The summed E-state index contributed by atoms with van der Waals surface area (Å²) in [5.41, 5.74) is 0.872. The van der Waals surface area contributed by atoms with Crippen LogP contribution in [0.25, 0.3) is 0 Å². The van der Waals surface area contributed by atoms with Gasteiger partial charge in [-0.15, -0.1) is 0 Å². The van der Waals surface area contributed by atoms with E-state index in [1.807, 2.05) is 12.4 Å². The van der Waals surface area contributed by atoms with E-state index in [9.17, 15) is 0 Å². The molecule has 6 aliphatic rings. The summed E-state index contributed by atoms with van der Waals surface area (Å²) >= 11 is 0. The van der Waals surface area contributed by atoms with Crippen molar-refractivity contribution < 1.29 is 9.47 Å². The van der Waals surface area contributed by atoms with E-state index in [0.29, 0.717) is 47.9 Å². The molecular formula is C44H70N12O2. The number of anilines is 2. The third-order valence-electron chi connectivity index (χ3n) is 14.4. The highest BCUT2D eigenvalue weighted by molar-refractivity contribution is 5.62. The van der Waals surface area contributed by atoms with E-state index in [1.165, 1.54) is 128 Å². The molecule has 14 heteroatoms. The van der Waals surface area contributed by atoms with Gasteiger partial charge in [0.1, 0.15) is 0 Å². The Morgan fingerprint density at radius 2 is 0.828 bits per heavy atom. The molecule has 4 aliphatic carbocycles. The Balaban J connectivity index is 0.834. The van der Waals surface area contributed by atoms with Crippen molar-refractivity contribution >= 4 is 36.2 Å². The van der Waals surface area contributed by atoms with Crippen LogP contribution in [0.5, 0.6) is 12.0 Å². The lowest BCUT2D eigenvalue weighted by Crippen LogP contribution is -2.66. The number of aromatic nitrogens is 6. The normalized spacial score (nSPS) is 26.4. The number of piperidine rings is 2. The summed E-state index contributed by atoms with van der Waals surface area (Å²) < 4.78 is 11.0. The fraction of sp³-hybridized carbons (Fsp3) is 0.818. The monoisotopic (exact) mass is 799 g/mol. The molecule has 8 rings (SSSR count). The Morgan fingerprint density at radius 1 is 0.500 bits per heavy atom. The highest BCUT2D eigenvalue weighted by Gasteiger charge is 2.49. The van der Waals surface area contributed by atoms with Gasteiger partial charge in [-0.2, -0.15) is 29.9 Å². The summed E-state index contributed by atoms with van der Waals surface area (Å²) in [7, 11) is 3.20. The maximum Gasteiger partial charge on any atom is 0.322 e. The Morgan fingerprint density at radius 3 is 1.14 bits per heavy atom. The average Bonchev–Trinajstić information content (AvgIpc) is 3.22. The van der Waals surface area contributed by atoms with E-state index in [4.69, 9.17) is 19.4 Å². The highest BCUT2D eigenvalue weighted by atomic mass is 16.5. The van der Waals surface area contributed by atoms with Gasteiger partial charge in [-0.3, -0.25) is 0 Å². The van der Waals surface area contributed by atoms with Crippen LogP contribution in [0.3, 0.4) is 0 Å². The van der Waals surface area contributed by atoms with Crippen LogP contribution in [0.4, 0.5) is 23.8 Å². The number of methoxy groups -OCH3 is 2. The van der Waals surface area contributed by atoms with Crippen molar-refractivity contribution in [1.29, 1.82) is 0 Å². The molecule has 2 aliphatic heterocycles. The summed E-state index contributed by atoms with van der Waals surface area (Å²) in [6.07, 6.45) is 37.7. The zero-order valence-electron chi connectivity index (χ0n) is 35.5. The number of nitrogens with zero attached hydrogens (tertiary/aromatic N) is 8. The topological polar surface area (TPSA) is 169 Å². The molecule has 0 atom stereocenters. The Kier molecular flexibility index (Phi) is 13.4. The lowest BCUT2D eigenvalue weighted by Gasteiger charge is -2.55. The second-order valence-corrected chi connectivity index (χ2v) is 18.9. The third-order valence-corrected chi connectivity index (χ3v) is 14.4. The first kappa shape index (κ1) is 41.2. The quantitative estimate of drug-likeness (QED) is 0.112. The van der Waals surface area contributed by atoms with Gasteiger partial charge in [0.25, 0.3) is 11.9 Å². The first-order chi connectivity index (χ1) is 28.4. The number of rotatable bonds is 13. The van der Waals surface area contributed by atoms with Crippen LogP contribution in [0.1, 0.15) is 180 Å². The molecule has 0 radical (unpaired) electrons. The molecule has 4 spiro atoms. The van der Waals surface area contributed by atoms with Crippen LogP contribution in [-0.4, -0.2) is 90.8 Å². The standard InChI is InChI=1S/C44H70N12O2/c1-57-39-51-35(49-37(53-39)47-33-29-41(19-9-5-10-20-41)55-42(30-33)21-11-6-12-22-42)45-27-17-3-4-18-28-46-36-50-38(54-40(52-36)58-2)48-34-31-43(23-13-7-14-24-43)56-44(32-34)25-15-8-16-26-44/h27-28,33-34,55-56H,3-26,29-32H2,1-2H3,(H,47,49,51,53)(H,48,50,52,54). The molecule has 0 aromatic carbocycles. The third kappa shape index (κ3) is 10.4. The maximum absolute atomic E-state index is 5.49. The lowest BCUT2D eigenvalue weighted by molar-refractivity contribution is 0.0592. The number of nitrogens with one attached hydrogen (secondary N) is 4. The first-order valence-electron chi connectivity index (χ1n) is 23.1. The molecule has 318 valence electrons. The largest absolute Gasteiger partial charge is 0.467 e. The van der Waals surface area contributed by atoms with E-state index in [2.05, 4.69) is 51.2 Å². The van der Waals surface area contributed by atoms with E-state index in [0.717, 1.165) is 51.4 Å². The summed E-state index contributed by atoms with van der Waals surface area (Å²) in [5, 5.41) is 16.0. The zero-order chi connectivity index (χ0) is 39.7. The molecule has 0 bridgehead atoms. The van der Waals surface area contributed by atoms with Crippen molar-refractivity contribution in [2.45, 2.75) is 214 Å². The van der Waals surface area contributed by atoms with Crippen LogP contribution < -0.4 is 30.7 Å². The van der Waals surface area contributed by atoms with Crippen LogP contribution in [0.2, 0.25) is 0 Å². The van der Waals surface area contributed by atoms with Crippen molar-refractivity contribution in [3.8, 4) is 12.0 Å². The Labute approximate surface area is 346 Å². The van der Waals surface area contributed by atoms with Crippen molar-refractivity contribution in [2.24, 2.45) is 9.98 Å². The molecule has 4 N–H and O–H groups in total. The Hall–Kier alpha value is -3.52. The van der Waals surface area contributed by atoms with E-state index in [-0.39, 0.29) is 22.2 Å². The molecule has 6 fully saturated rings. The SMILES string of the molecule is COc1nc(N=CCCCCC=Nc2nc(NC3CC4(CCCCC4)NC4(CCCCC4)C3)nc(OC)n2)nc(NC2CC3(CCCCC3)NC3(CCCCC3)C2)n1. The average molecular weight is 799 g/mol. The first-order valence-corrected chi connectivity index (χ1v) is 23.1. The van der Waals surface area contributed by atoms with E-state index >= 15 is 0 Å². The number of unbranched alkanes of at least 4 members (excludes halogenated alkanes) is 3. The predicted octanol–water partition coefficient (Wildman–Crippen LogP) is 8.88. The number of hydrogen-bond donors (Lipinski definition) is 4. The van der Waals surface area contributed by atoms with Gasteiger partial charge in [0.05, 0.1) is 14.2 Å². The van der Waals surface area contributed by atoms with Gasteiger partial charge >= 0.3 is 12.0 Å². The van der Waals surface area contributed by atoms with E-state index < -0.39 is 0 Å². The molecule has 58 heavy (non-hydrogen) atoms. The molecule has 0 amide bonds. The minimum Gasteiger partial charge on any atom is -0.467 e. The summed E-state index contributed by atoms with van der Waals surface area (Å²) in [4.78, 5) is 36.8. The van der Waals surface area contributed by atoms with E-state index in [1.54, 1.807) is 14.2 Å². The lowest BCUT2D eigenvalue weighted by atomic mass is 9.66. The summed E-state index contributed by atoms with van der Waals surface area (Å²) in [6.45, 7) is 0. The van der Waals surface area contributed by atoms with Crippen molar-refractivity contribution in [1.82, 2.24) is 40.5 Å². The number of aliphatic imine (C=N–C) groups is 2. The predicted molar refractivity (Wildman–Crippen MR) is 230 cm³/mol. The second kappa shape index (κ2) is 18.8. The smallest absolute Gasteiger partial charge is 0.322 e. The molecule has 14 nitrogen and oxygen atoms in total. The highest BCUT2D eigenvalue weighted by Crippen LogP contribution is 2.46. The minimum atomic E-state index is 0.218. The molecule has 4 saturated carbocycles. The molecule has 2 aromatic heterocycles. The number of hydrogen-bond acceptors (Lipinski definition) is 14. The van der Waals surface area contributed by atoms with Crippen LogP contribution >= 0.6 is 0 Å². The van der Waals surface area contributed by atoms with Gasteiger partial charge in [0.15, 0.2) is 0 Å². The Bertz CT molecular complexity index is 1520. The molecule has 4 heterocycles. The summed E-state index contributed by atoms with van der Waals surface area (Å²) in [6, 6.07) is 1.20. The van der Waals surface area contributed by atoms with Crippen molar-refractivity contribution in [3.63, 3.8) is 0 Å².